The summed E-state index contributed by atoms with van der Waals surface area (Å²) in [5, 5.41) is 11.4. The van der Waals surface area contributed by atoms with Crippen molar-refractivity contribution in [1.82, 2.24) is 13.9 Å². The lowest BCUT2D eigenvalue weighted by molar-refractivity contribution is 0.312. The summed E-state index contributed by atoms with van der Waals surface area (Å²) in [6.45, 7) is 3.50. The molecule has 0 fully saturated rings. The molecule has 1 rings (SSSR count). The molecule has 9 heteroatoms. The van der Waals surface area contributed by atoms with Crippen molar-refractivity contribution < 1.29 is 13.6 Å². The van der Waals surface area contributed by atoms with Crippen LogP contribution in [0.1, 0.15) is 12.7 Å². The smallest absolute Gasteiger partial charge is 0.261 e. The highest BCUT2D eigenvalue weighted by atomic mass is 32.2. The number of sulfonamides is 1. The summed E-state index contributed by atoms with van der Waals surface area (Å²) in [5.74, 6) is 0.199. The Hall–Kier alpha value is -1.61. The molecule has 1 aromatic heterocycles. The Morgan fingerprint density at radius 3 is 2.68 bits per heavy atom. The van der Waals surface area contributed by atoms with Crippen LogP contribution >= 0.6 is 0 Å². The van der Waals surface area contributed by atoms with Gasteiger partial charge in [0, 0.05) is 32.8 Å². The van der Waals surface area contributed by atoms with E-state index in [0.717, 1.165) is 4.31 Å². The number of hydrogen-bond donors (Lipinski definition) is 2. The molecule has 0 saturated carbocycles. The third-order valence-corrected chi connectivity index (χ3v) is 4.61. The van der Waals surface area contributed by atoms with Crippen molar-refractivity contribution >= 4 is 15.9 Å². The fourth-order valence-electron chi connectivity index (χ4n) is 1.49. The molecule has 3 N–H and O–H groups in total. The van der Waals surface area contributed by atoms with Crippen LogP contribution in [-0.2, 0) is 17.1 Å². The van der Waals surface area contributed by atoms with Crippen molar-refractivity contribution in [3.63, 3.8) is 0 Å². The molecule has 0 aliphatic heterocycles. The number of aryl methyl sites for hydroxylation is 2. The van der Waals surface area contributed by atoms with E-state index < -0.39 is 15.9 Å². The number of amidine groups is 1. The number of nitrogens with zero attached hydrogens (tertiary/aromatic N) is 4. The van der Waals surface area contributed by atoms with E-state index in [2.05, 4.69) is 10.1 Å². The van der Waals surface area contributed by atoms with Gasteiger partial charge >= 0.3 is 0 Å². The maximum Gasteiger partial charge on any atom is 0.261 e. The van der Waals surface area contributed by atoms with E-state index in [4.69, 9.17) is 10.9 Å². The molecule has 108 valence electrons. The lowest BCUT2D eigenvalue weighted by Gasteiger charge is -2.19. The highest BCUT2D eigenvalue weighted by molar-refractivity contribution is 7.89. The van der Waals surface area contributed by atoms with Gasteiger partial charge in [-0.3, -0.25) is 0 Å². The molecule has 0 aromatic carbocycles. The molecule has 0 aliphatic rings. The Morgan fingerprint density at radius 2 is 2.26 bits per heavy atom. The molecule has 0 saturated heterocycles. The van der Waals surface area contributed by atoms with Gasteiger partial charge in [0.25, 0.3) is 10.0 Å². The van der Waals surface area contributed by atoms with Crippen LogP contribution in [0.15, 0.2) is 16.4 Å². The van der Waals surface area contributed by atoms with Gasteiger partial charge < -0.3 is 15.5 Å². The largest absolute Gasteiger partial charge is 0.409 e. The van der Waals surface area contributed by atoms with Gasteiger partial charge in [-0.15, -0.1) is 0 Å². The number of oxime groups is 1. The highest BCUT2D eigenvalue weighted by Gasteiger charge is 2.26. The first-order valence-corrected chi connectivity index (χ1v) is 7.07. The second-order valence-electron chi connectivity index (χ2n) is 4.45. The normalized spacial score (nSPS) is 14.9. The van der Waals surface area contributed by atoms with Crippen molar-refractivity contribution in [1.29, 1.82) is 0 Å². The van der Waals surface area contributed by atoms with Gasteiger partial charge in [0.1, 0.15) is 11.7 Å². The van der Waals surface area contributed by atoms with Gasteiger partial charge in [0.15, 0.2) is 5.03 Å². The summed E-state index contributed by atoms with van der Waals surface area (Å²) >= 11 is 0. The first-order chi connectivity index (χ1) is 8.70. The van der Waals surface area contributed by atoms with E-state index in [-0.39, 0.29) is 17.4 Å². The predicted molar refractivity (Wildman–Crippen MR) is 70.3 cm³/mol. The summed E-state index contributed by atoms with van der Waals surface area (Å²) in [4.78, 5) is 4.00. The molecule has 0 spiro atoms. The minimum atomic E-state index is -3.67. The summed E-state index contributed by atoms with van der Waals surface area (Å²) in [7, 11) is -0.515. The van der Waals surface area contributed by atoms with Gasteiger partial charge in [0.05, 0.1) is 0 Å². The molecule has 0 radical (unpaired) electrons. The summed E-state index contributed by atoms with van der Waals surface area (Å²) in [6, 6.07) is 0. The SMILES string of the molecule is Cc1nc(S(=O)(=O)N(C)CC(C)C(N)=NO)cn1C. The zero-order valence-electron chi connectivity index (χ0n) is 11.4. The van der Waals surface area contributed by atoms with E-state index in [1.54, 1.807) is 25.5 Å². The third kappa shape index (κ3) is 3.24. The second-order valence-corrected chi connectivity index (χ2v) is 6.44. The number of imidazole rings is 1. The van der Waals surface area contributed by atoms with Crippen LogP contribution in [0, 0.1) is 12.8 Å². The van der Waals surface area contributed by atoms with Gasteiger partial charge in [0.2, 0.25) is 0 Å². The molecule has 0 bridgehead atoms. The first kappa shape index (κ1) is 15.4. The molecule has 1 atom stereocenters. The van der Waals surface area contributed by atoms with Gasteiger partial charge in [-0.1, -0.05) is 12.1 Å². The van der Waals surface area contributed by atoms with Crippen LogP contribution in [0.25, 0.3) is 0 Å². The van der Waals surface area contributed by atoms with Gasteiger partial charge in [-0.25, -0.2) is 13.4 Å². The van der Waals surface area contributed by atoms with Gasteiger partial charge in [-0.05, 0) is 6.92 Å². The number of rotatable bonds is 5. The molecule has 1 heterocycles. The Balaban J connectivity index is 2.95. The maximum absolute atomic E-state index is 12.3. The molecular weight excluding hydrogens is 270 g/mol. The van der Waals surface area contributed by atoms with Crippen molar-refractivity contribution in [3.05, 3.63) is 12.0 Å². The Morgan fingerprint density at radius 1 is 1.68 bits per heavy atom. The van der Waals surface area contributed by atoms with Crippen LogP contribution in [0.2, 0.25) is 0 Å². The summed E-state index contributed by atoms with van der Waals surface area (Å²) in [6.07, 6.45) is 1.45. The van der Waals surface area contributed by atoms with Gasteiger partial charge in [-0.2, -0.15) is 4.31 Å². The Kier molecular flexibility index (Phi) is 4.53. The monoisotopic (exact) mass is 289 g/mol. The van der Waals surface area contributed by atoms with Crippen molar-refractivity contribution in [2.75, 3.05) is 13.6 Å². The van der Waals surface area contributed by atoms with Crippen LogP contribution in [0.5, 0.6) is 0 Å². The van der Waals surface area contributed by atoms with E-state index in [0.29, 0.717) is 5.82 Å². The predicted octanol–water partition coefficient (Wildman–Crippen LogP) is -0.268. The minimum Gasteiger partial charge on any atom is -0.409 e. The van der Waals surface area contributed by atoms with E-state index >= 15 is 0 Å². The fraction of sp³-hybridized carbons (Fsp3) is 0.600. The fourth-order valence-corrected chi connectivity index (χ4v) is 2.76. The number of nitrogens with two attached hydrogens (primary N) is 1. The highest BCUT2D eigenvalue weighted by Crippen LogP contribution is 2.14. The minimum absolute atomic E-state index is 0.0123. The number of hydrogen-bond acceptors (Lipinski definition) is 5. The van der Waals surface area contributed by atoms with Crippen molar-refractivity contribution in [3.8, 4) is 0 Å². The zero-order valence-corrected chi connectivity index (χ0v) is 12.2. The van der Waals surface area contributed by atoms with Crippen LogP contribution in [0.3, 0.4) is 0 Å². The Bertz CT molecular complexity index is 558. The average molecular weight is 289 g/mol. The quantitative estimate of drug-likeness (QED) is 0.335. The topological polar surface area (TPSA) is 114 Å². The number of aromatic nitrogens is 2. The molecule has 19 heavy (non-hydrogen) atoms. The van der Waals surface area contributed by atoms with Crippen molar-refractivity contribution in [2.45, 2.75) is 18.9 Å². The zero-order chi connectivity index (χ0) is 14.8. The lowest BCUT2D eigenvalue weighted by Crippen LogP contribution is -2.36. The lowest BCUT2D eigenvalue weighted by atomic mass is 10.2. The maximum atomic E-state index is 12.3. The third-order valence-electron chi connectivity index (χ3n) is 2.91. The molecular formula is C10H19N5O3S. The second kappa shape index (κ2) is 5.57. The summed E-state index contributed by atoms with van der Waals surface area (Å²) < 4.78 is 27.3. The van der Waals surface area contributed by atoms with Crippen LogP contribution in [-0.4, -0.2) is 46.9 Å². The van der Waals surface area contributed by atoms with E-state index in [9.17, 15) is 8.42 Å². The van der Waals surface area contributed by atoms with E-state index in [1.807, 2.05) is 0 Å². The van der Waals surface area contributed by atoms with Crippen LogP contribution in [0.4, 0.5) is 0 Å². The molecule has 8 nitrogen and oxygen atoms in total. The summed E-state index contributed by atoms with van der Waals surface area (Å²) in [5.41, 5.74) is 5.43. The van der Waals surface area contributed by atoms with Crippen molar-refractivity contribution in [2.24, 2.45) is 23.9 Å². The molecule has 0 amide bonds. The average Bonchev–Trinajstić information content (AvgIpc) is 2.69. The Labute approximate surface area is 112 Å². The molecule has 0 aliphatic carbocycles. The standard InChI is InChI=1S/C10H19N5O3S/c1-7(10(11)13-16)5-15(4)19(17,18)9-6-14(3)8(2)12-9/h6-7,16H,5H2,1-4H3,(H2,11,13). The first-order valence-electron chi connectivity index (χ1n) is 5.63. The molecule has 1 unspecified atom stereocenters. The van der Waals surface area contributed by atoms with E-state index in [1.165, 1.54) is 13.2 Å². The van der Waals surface area contributed by atoms with Crippen LogP contribution < -0.4 is 5.73 Å². The molecule has 1 aromatic rings.